The molecule has 3 atom stereocenters. The summed E-state index contributed by atoms with van der Waals surface area (Å²) in [5.41, 5.74) is 0. The lowest BCUT2D eigenvalue weighted by Gasteiger charge is -2.45. The number of benzene rings is 2. The van der Waals surface area contributed by atoms with Crippen LogP contribution in [0.5, 0.6) is 0 Å². The van der Waals surface area contributed by atoms with Gasteiger partial charge in [0.2, 0.25) is 0 Å². The Balaban J connectivity index is 2.15. The molecule has 1 saturated heterocycles. The summed E-state index contributed by atoms with van der Waals surface area (Å²) in [5, 5.41) is 1.99. The van der Waals surface area contributed by atoms with Gasteiger partial charge in [-0.05, 0) is 29.3 Å². The van der Waals surface area contributed by atoms with Crippen LogP contribution in [0.3, 0.4) is 0 Å². The monoisotopic (exact) mass is 424 g/mol. The maximum Gasteiger partial charge on any atom is 0.262 e. The molecule has 30 heavy (non-hydrogen) atoms. The van der Waals surface area contributed by atoms with E-state index in [1.165, 1.54) is 0 Å². The third-order valence-corrected chi connectivity index (χ3v) is 10.6. The molecule has 2 aromatic carbocycles. The lowest BCUT2D eigenvalue weighted by molar-refractivity contribution is -0.153. The van der Waals surface area contributed by atoms with Crippen LogP contribution in [-0.4, -0.2) is 38.7 Å². The van der Waals surface area contributed by atoms with Gasteiger partial charge < -0.3 is 18.7 Å². The minimum absolute atomic E-state index is 0.240. The van der Waals surface area contributed by atoms with Crippen molar-refractivity contribution in [2.24, 2.45) is 0 Å². The molecule has 0 aromatic heterocycles. The van der Waals surface area contributed by atoms with Crippen LogP contribution in [0.25, 0.3) is 0 Å². The number of hydrogen-bond acceptors (Lipinski definition) is 4. The van der Waals surface area contributed by atoms with Crippen LogP contribution in [0.2, 0.25) is 5.04 Å². The molecule has 0 saturated carbocycles. The molecule has 0 radical (unpaired) electrons. The normalized spacial score (nSPS) is 22.4. The van der Waals surface area contributed by atoms with Gasteiger partial charge in [0.25, 0.3) is 8.32 Å². The highest BCUT2D eigenvalue weighted by atomic mass is 28.4. The van der Waals surface area contributed by atoms with Gasteiger partial charge in [-0.3, -0.25) is 0 Å². The first-order valence-corrected chi connectivity index (χ1v) is 12.3. The lowest BCUT2D eigenvalue weighted by atomic mass is 10.1. The average molecular weight is 425 g/mol. The molecule has 1 heterocycles. The van der Waals surface area contributed by atoms with Crippen LogP contribution < -0.4 is 10.4 Å². The molecule has 1 aliphatic heterocycles. The molecule has 0 bridgehead atoms. The van der Waals surface area contributed by atoms with E-state index in [4.69, 9.17) is 13.9 Å². The molecule has 4 nitrogen and oxygen atoms in total. The minimum atomic E-state index is -2.89. The van der Waals surface area contributed by atoms with Crippen molar-refractivity contribution in [3.63, 3.8) is 0 Å². The van der Waals surface area contributed by atoms with Gasteiger partial charge in [0.1, 0.15) is 24.6 Å². The number of aldehydes is 1. The number of ether oxygens (including phenoxy) is 2. The number of carbonyl (C=O) groups excluding carboxylic acids is 1. The zero-order valence-electron chi connectivity index (χ0n) is 18.5. The molecule has 2 aromatic rings. The van der Waals surface area contributed by atoms with Crippen LogP contribution >= 0.6 is 0 Å². The summed E-state index contributed by atoms with van der Waals surface area (Å²) in [6.45, 7) is 14.1. The second-order valence-electron chi connectivity index (χ2n) is 9.18. The molecule has 0 spiro atoms. The van der Waals surface area contributed by atoms with Gasteiger partial charge in [-0.1, -0.05) is 87.5 Å². The highest BCUT2D eigenvalue weighted by Crippen LogP contribution is 2.39. The fraction of sp³-hybridized carbons (Fsp3) is 0.400. The molecule has 3 rings (SSSR count). The first kappa shape index (κ1) is 22.6. The zero-order chi connectivity index (χ0) is 22.0. The van der Waals surface area contributed by atoms with Crippen molar-refractivity contribution in [1.82, 2.24) is 0 Å². The number of rotatable bonds is 7. The SMILES string of the molecule is C=C[C@H]1OC(C)(C)O[C@H]1[C@@H](C=O)O[Si](c1ccccc1)(c1ccccc1)C(C)(C)C. The Hall–Kier alpha value is -2.05. The van der Waals surface area contributed by atoms with E-state index in [1.807, 2.05) is 50.2 Å². The molecular formula is C25H32O4Si. The van der Waals surface area contributed by atoms with Crippen molar-refractivity contribution in [3.8, 4) is 0 Å². The van der Waals surface area contributed by atoms with Gasteiger partial charge in [0.15, 0.2) is 5.79 Å². The van der Waals surface area contributed by atoms with Crippen molar-refractivity contribution in [3.05, 3.63) is 73.3 Å². The summed E-state index contributed by atoms with van der Waals surface area (Å²) in [5.74, 6) is -0.806. The van der Waals surface area contributed by atoms with Gasteiger partial charge in [-0.15, -0.1) is 6.58 Å². The minimum Gasteiger partial charge on any atom is -0.395 e. The fourth-order valence-electron chi connectivity index (χ4n) is 4.32. The second-order valence-corrected chi connectivity index (χ2v) is 13.4. The van der Waals surface area contributed by atoms with E-state index in [-0.39, 0.29) is 5.04 Å². The molecular weight excluding hydrogens is 392 g/mol. The highest BCUT2D eigenvalue weighted by molar-refractivity contribution is 6.99. The van der Waals surface area contributed by atoms with E-state index in [0.29, 0.717) is 0 Å². The Bertz CT molecular complexity index is 818. The smallest absolute Gasteiger partial charge is 0.262 e. The van der Waals surface area contributed by atoms with Gasteiger partial charge >= 0.3 is 0 Å². The largest absolute Gasteiger partial charge is 0.395 e. The Morgan fingerprint density at radius 2 is 1.50 bits per heavy atom. The quantitative estimate of drug-likeness (QED) is 0.385. The summed E-state index contributed by atoms with van der Waals surface area (Å²) in [4.78, 5) is 12.4. The molecule has 0 unspecified atom stereocenters. The predicted octanol–water partition coefficient (Wildman–Crippen LogP) is 3.84. The number of hydrogen-bond donors (Lipinski definition) is 0. The van der Waals surface area contributed by atoms with Crippen LogP contribution in [0.4, 0.5) is 0 Å². The molecule has 160 valence electrons. The first-order valence-electron chi connectivity index (χ1n) is 10.4. The van der Waals surface area contributed by atoms with Crippen LogP contribution in [0.15, 0.2) is 73.3 Å². The summed E-state index contributed by atoms with van der Waals surface area (Å²) < 4.78 is 19.0. The maximum atomic E-state index is 12.4. The molecule has 5 heteroatoms. The zero-order valence-corrected chi connectivity index (χ0v) is 19.5. The van der Waals surface area contributed by atoms with E-state index in [1.54, 1.807) is 6.08 Å². The number of carbonyl (C=O) groups is 1. The van der Waals surface area contributed by atoms with E-state index in [0.717, 1.165) is 16.7 Å². The van der Waals surface area contributed by atoms with Crippen LogP contribution in [-0.2, 0) is 18.7 Å². The van der Waals surface area contributed by atoms with Gasteiger partial charge in [0.05, 0.1) is 0 Å². The van der Waals surface area contributed by atoms with Crippen LogP contribution in [0.1, 0.15) is 34.6 Å². The topological polar surface area (TPSA) is 44.8 Å². The van der Waals surface area contributed by atoms with Gasteiger partial charge in [-0.2, -0.15) is 0 Å². The molecule has 1 fully saturated rings. The van der Waals surface area contributed by atoms with E-state index < -0.39 is 32.4 Å². The Morgan fingerprint density at radius 3 is 1.90 bits per heavy atom. The molecule has 0 aliphatic carbocycles. The van der Waals surface area contributed by atoms with Gasteiger partial charge in [-0.25, -0.2) is 0 Å². The van der Waals surface area contributed by atoms with E-state index in [2.05, 4.69) is 51.6 Å². The Kier molecular flexibility index (Phi) is 6.48. The third kappa shape index (κ3) is 4.21. The Labute approximate surface area is 181 Å². The maximum absolute atomic E-state index is 12.4. The predicted molar refractivity (Wildman–Crippen MR) is 123 cm³/mol. The summed E-state index contributed by atoms with van der Waals surface area (Å²) >= 11 is 0. The van der Waals surface area contributed by atoms with Crippen LogP contribution in [0, 0.1) is 0 Å². The Morgan fingerprint density at radius 1 is 1.00 bits per heavy atom. The average Bonchev–Trinajstić information content (AvgIpc) is 3.04. The summed E-state index contributed by atoms with van der Waals surface area (Å²) in [6, 6.07) is 20.5. The van der Waals surface area contributed by atoms with E-state index >= 15 is 0 Å². The van der Waals surface area contributed by atoms with E-state index in [9.17, 15) is 4.79 Å². The highest BCUT2D eigenvalue weighted by Gasteiger charge is 2.54. The fourth-order valence-corrected chi connectivity index (χ4v) is 8.93. The van der Waals surface area contributed by atoms with Gasteiger partial charge in [0, 0.05) is 0 Å². The standard InChI is InChI=1S/C25H32O4Si/c1-7-21-23(28-25(5,6)27-21)22(18-26)29-30(24(2,3)4,19-14-10-8-11-15-19)20-16-12-9-13-17-20/h7-18,21-23H,1H2,2-6H3/t21-,22-,23-/m1/s1. The summed E-state index contributed by atoms with van der Waals surface area (Å²) in [6.07, 6.45) is 0.766. The van der Waals surface area contributed by atoms with Crippen molar-refractivity contribution >= 4 is 25.0 Å². The van der Waals surface area contributed by atoms with Crippen molar-refractivity contribution in [2.45, 2.75) is 63.8 Å². The van der Waals surface area contributed by atoms with Crippen molar-refractivity contribution < 1.29 is 18.7 Å². The lowest BCUT2D eigenvalue weighted by Crippen LogP contribution is -2.69. The van der Waals surface area contributed by atoms with Crippen molar-refractivity contribution in [2.75, 3.05) is 0 Å². The molecule has 0 N–H and O–H groups in total. The van der Waals surface area contributed by atoms with Crippen molar-refractivity contribution in [1.29, 1.82) is 0 Å². The molecule has 0 amide bonds. The first-order chi connectivity index (χ1) is 14.1. The second kappa shape index (κ2) is 8.59. The third-order valence-electron chi connectivity index (χ3n) is 5.58. The summed E-state index contributed by atoms with van der Waals surface area (Å²) in [7, 11) is -2.89. The molecule has 1 aliphatic rings.